The Hall–Kier alpha value is -3.53. The Labute approximate surface area is 183 Å². The number of anilines is 3. The minimum Gasteiger partial charge on any atom is -0.378 e. The quantitative estimate of drug-likeness (QED) is 0.580. The lowest BCUT2D eigenvalue weighted by molar-refractivity contribution is -0.116. The minimum atomic E-state index is -0.156. The normalized spacial score (nSPS) is 20.1. The lowest BCUT2D eigenvalue weighted by Gasteiger charge is -2.30. The third kappa shape index (κ3) is 3.70. The molecular weight excluding hydrogens is 382 g/mol. The van der Waals surface area contributed by atoms with Crippen molar-refractivity contribution in [3.8, 4) is 0 Å². The van der Waals surface area contributed by atoms with E-state index in [1.807, 2.05) is 44.4 Å². The van der Waals surface area contributed by atoms with Crippen LogP contribution in [0.1, 0.15) is 35.9 Å². The molecule has 4 heteroatoms. The smallest absolute Gasteiger partial charge is 0.163 e. The fourth-order valence-electron chi connectivity index (χ4n) is 4.67. The van der Waals surface area contributed by atoms with Crippen LogP contribution in [0.4, 0.5) is 17.1 Å². The zero-order chi connectivity index (χ0) is 21.4. The van der Waals surface area contributed by atoms with Crippen LogP contribution in [0.3, 0.4) is 0 Å². The van der Waals surface area contributed by atoms with E-state index in [2.05, 4.69) is 64.1 Å². The van der Waals surface area contributed by atoms with Gasteiger partial charge in [-0.25, -0.2) is 0 Å². The summed E-state index contributed by atoms with van der Waals surface area (Å²) in [5.74, 6) is 0.390. The number of rotatable bonds is 3. The maximum absolute atomic E-state index is 13.5. The molecular formula is C27H27N3O. The van der Waals surface area contributed by atoms with Crippen molar-refractivity contribution in [3.63, 3.8) is 0 Å². The number of fused-ring (bicyclic) bond motifs is 1. The minimum absolute atomic E-state index is 0.156. The third-order valence-electron chi connectivity index (χ3n) is 6.32. The highest BCUT2D eigenvalue weighted by Crippen LogP contribution is 2.44. The van der Waals surface area contributed by atoms with Crippen LogP contribution in [0.5, 0.6) is 0 Å². The molecule has 0 spiro atoms. The SMILES string of the molecule is CN(C)c1ccc(C2CC(=O)C3=C(C2)Nc2ccccc2NC3c2ccccc2)cc1. The molecule has 2 N–H and O–H groups in total. The predicted molar refractivity (Wildman–Crippen MR) is 128 cm³/mol. The maximum Gasteiger partial charge on any atom is 0.163 e. The van der Waals surface area contributed by atoms with Crippen LogP contribution >= 0.6 is 0 Å². The van der Waals surface area contributed by atoms with Gasteiger partial charge < -0.3 is 15.5 Å². The molecule has 0 bridgehead atoms. The largest absolute Gasteiger partial charge is 0.378 e. The van der Waals surface area contributed by atoms with E-state index in [4.69, 9.17) is 0 Å². The molecule has 2 aliphatic rings. The summed E-state index contributed by atoms with van der Waals surface area (Å²) in [7, 11) is 4.08. The first kappa shape index (κ1) is 19.4. The Morgan fingerprint density at radius 3 is 2.16 bits per heavy atom. The van der Waals surface area contributed by atoms with E-state index in [-0.39, 0.29) is 17.7 Å². The Kier molecular flexibility index (Phi) is 4.99. The summed E-state index contributed by atoms with van der Waals surface area (Å²) < 4.78 is 0. The molecule has 31 heavy (non-hydrogen) atoms. The zero-order valence-corrected chi connectivity index (χ0v) is 17.9. The van der Waals surface area contributed by atoms with Gasteiger partial charge in [0.1, 0.15) is 0 Å². The number of nitrogens with one attached hydrogen (secondary N) is 2. The molecule has 1 heterocycles. The highest BCUT2D eigenvalue weighted by Gasteiger charge is 2.35. The number of carbonyl (C=O) groups excluding carboxylic acids is 1. The highest BCUT2D eigenvalue weighted by molar-refractivity contribution is 6.01. The number of hydrogen-bond acceptors (Lipinski definition) is 4. The number of allylic oxidation sites excluding steroid dienone is 1. The number of para-hydroxylation sites is 2. The standard InChI is InChI=1S/C27H27N3O/c1-30(2)21-14-12-18(13-15-21)20-16-24-26(25(31)17-20)27(19-8-4-3-5-9-19)29-23-11-7-6-10-22(23)28-24/h3-15,20,27-29H,16-17H2,1-2H3. The third-order valence-corrected chi connectivity index (χ3v) is 6.32. The molecule has 5 rings (SSSR count). The first-order valence-corrected chi connectivity index (χ1v) is 10.8. The summed E-state index contributed by atoms with van der Waals surface area (Å²) in [5.41, 5.74) is 7.42. The first-order chi connectivity index (χ1) is 15.1. The van der Waals surface area contributed by atoms with Gasteiger partial charge in [-0.15, -0.1) is 0 Å². The van der Waals surface area contributed by atoms with Crippen molar-refractivity contribution in [3.05, 3.63) is 101 Å². The molecule has 3 aromatic rings. The average molecular weight is 410 g/mol. The van der Waals surface area contributed by atoms with Crippen molar-refractivity contribution >= 4 is 22.8 Å². The summed E-state index contributed by atoms with van der Waals surface area (Å²) in [6.07, 6.45) is 1.35. The van der Waals surface area contributed by atoms with Gasteiger partial charge in [-0.1, -0.05) is 54.6 Å². The van der Waals surface area contributed by atoms with Crippen LogP contribution in [0, 0.1) is 0 Å². The van der Waals surface area contributed by atoms with Crippen LogP contribution in [-0.4, -0.2) is 19.9 Å². The van der Waals surface area contributed by atoms with E-state index in [0.29, 0.717) is 6.42 Å². The van der Waals surface area contributed by atoms with Gasteiger partial charge in [0.15, 0.2) is 5.78 Å². The van der Waals surface area contributed by atoms with Crippen LogP contribution in [0.25, 0.3) is 0 Å². The molecule has 1 aliphatic heterocycles. The number of hydrogen-bond donors (Lipinski definition) is 2. The monoisotopic (exact) mass is 409 g/mol. The molecule has 0 aromatic heterocycles. The second-order valence-corrected chi connectivity index (χ2v) is 8.57. The number of ketones is 1. The van der Waals surface area contributed by atoms with Gasteiger partial charge in [-0.3, -0.25) is 4.79 Å². The van der Waals surface area contributed by atoms with E-state index in [9.17, 15) is 4.79 Å². The van der Waals surface area contributed by atoms with Crippen molar-refractivity contribution < 1.29 is 4.79 Å². The van der Waals surface area contributed by atoms with E-state index in [0.717, 1.165) is 34.6 Å². The van der Waals surface area contributed by atoms with Gasteiger partial charge in [0.25, 0.3) is 0 Å². The fourth-order valence-corrected chi connectivity index (χ4v) is 4.67. The zero-order valence-electron chi connectivity index (χ0n) is 17.9. The van der Waals surface area contributed by atoms with Gasteiger partial charge in [0, 0.05) is 37.5 Å². The summed E-state index contributed by atoms with van der Waals surface area (Å²) >= 11 is 0. The summed E-state index contributed by atoms with van der Waals surface area (Å²) in [5, 5.41) is 7.24. The molecule has 156 valence electrons. The molecule has 0 fully saturated rings. The van der Waals surface area contributed by atoms with Crippen molar-refractivity contribution in [1.82, 2.24) is 0 Å². The Morgan fingerprint density at radius 1 is 0.774 bits per heavy atom. The van der Waals surface area contributed by atoms with E-state index in [1.165, 1.54) is 11.3 Å². The van der Waals surface area contributed by atoms with Crippen molar-refractivity contribution in [2.45, 2.75) is 24.8 Å². The second kappa shape index (κ2) is 7.95. The van der Waals surface area contributed by atoms with Crippen molar-refractivity contribution in [2.24, 2.45) is 0 Å². The molecule has 2 unspecified atom stereocenters. The van der Waals surface area contributed by atoms with Crippen LogP contribution < -0.4 is 15.5 Å². The van der Waals surface area contributed by atoms with Gasteiger partial charge in [0.2, 0.25) is 0 Å². The second-order valence-electron chi connectivity index (χ2n) is 8.57. The predicted octanol–water partition coefficient (Wildman–Crippen LogP) is 5.73. The van der Waals surface area contributed by atoms with Gasteiger partial charge in [0.05, 0.1) is 17.4 Å². The van der Waals surface area contributed by atoms with Crippen LogP contribution in [-0.2, 0) is 4.79 Å². The summed E-state index contributed by atoms with van der Waals surface area (Å²) in [4.78, 5) is 15.6. The van der Waals surface area contributed by atoms with Crippen LogP contribution in [0.15, 0.2) is 90.1 Å². The Morgan fingerprint density at radius 2 is 1.45 bits per heavy atom. The van der Waals surface area contributed by atoms with Crippen LogP contribution in [0.2, 0.25) is 0 Å². The van der Waals surface area contributed by atoms with E-state index in [1.54, 1.807) is 0 Å². The lowest BCUT2D eigenvalue weighted by Crippen LogP contribution is -2.26. The molecule has 0 saturated heterocycles. The number of benzene rings is 3. The molecule has 1 aliphatic carbocycles. The number of carbonyl (C=O) groups is 1. The number of nitrogens with zero attached hydrogens (tertiary/aromatic N) is 1. The number of Topliss-reactive ketones (excluding diaryl/α,β-unsaturated/α-hetero) is 1. The fraction of sp³-hybridized carbons (Fsp3) is 0.222. The molecule has 0 radical (unpaired) electrons. The molecule has 3 aromatic carbocycles. The van der Waals surface area contributed by atoms with Gasteiger partial charge in [-0.2, -0.15) is 0 Å². The molecule has 0 saturated carbocycles. The van der Waals surface area contributed by atoms with Gasteiger partial charge in [-0.05, 0) is 47.7 Å². The van der Waals surface area contributed by atoms with Gasteiger partial charge >= 0.3 is 0 Å². The lowest BCUT2D eigenvalue weighted by atomic mass is 9.78. The molecule has 2 atom stereocenters. The van der Waals surface area contributed by atoms with Crippen molar-refractivity contribution in [2.75, 3.05) is 29.6 Å². The topological polar surface area (TPSA) is 44.4 Å². The van der Waals surface area contributed by atoms with E-state index >= 15 is 0 Å². The van der Waals surface area contributed by atoms with Crippen molar-refractivity contribution in [1.29, 1.82) is 0 Å². The summed E-state index contributed by atoms with van der Waals surface area (Å²) in [6, 6.07) is 26.9. The first-order valence-electron chi connectivity index (χ1n) is 10.8. The molecule has 0 amide bonds. The maximum atomic E-state index is 13.5. The highest BCUT2D eigenvalue weighted by atomic mass is 16.1. The molecule has 4 nitrogen and oxygen atoms in total. The average Bonchev–Trinajstić information content (AvgIpc) is 2.96. The van der Waals surface area contributed by atoms with E-state index < -0.39 is 0 Å². The Bertz CT molecular complexity index is 1130. The summed E-state index contributed by atoms with van der Waals surface area (Å²) in [6.45, 7) is 0. The Balaban J connectivity index is 1.55.